The molecule has 0 radical (unpaired) electrons. The van der Waals surface area contributed by atoms with Crippen molar-refractivity contribution < 1.29 is 4.42 Å². The van der Waals surface area contributed by atoms with Crippen LogP contribution in [-0.4, -0.2) is 0 Å². The molecule has 0 bridgehead atoms. The third-order valence-electron chi connectivity index (χ3n) is 13.1. The number of hydrogen-bond acceptors (Lipinski definition) is 3. The van der Waals surface area contributed by atoms with E-state index in [0.717, 1.165) is 55.5 Å². The van der Waals surface area contributed by atoms with Crippen molar-refractivity contribution in [1.29, 1.82) is 0 Å². The van der Waals surface area contributed by atoms with Crippen molar-refractivity contribution >= 4 is 81.3 Å². The van der Waals surface area contributed by atoms with Crippen molar-refractivity contribution in [1.82, 2.24) is 0 Å². The van der Waals surface area contributed by atoms with Crippen LogP contribution in [0.2, 0.25) is 0 Å². The van der Waals surface area contributed by atoms with Crippen LogP contribution < -0.4 is 4.90 Å². The zero-order chi connectivity index (χ0) is 40.8. The number of nitrogens with zero attached hydrogens (tertiary/aromatic N) is 1. The topological polar surface area (TPSA) is 16.4 Å². The van der Waals surface area contributed by atoms with Crippen molar-refractivity contribution in [2.24, 2.45) is 0 Å². The van der Waals surface area contributed by atoms with E-state index < -0.39 is 5.41 Å². The van der Waals surface area contributed by atoms with Gasteiger partial charge in [0.25, 0.3) is 0 Å². The van der Waals surface area contributed by atoms with E-state index in [9.17, 15) is 0 Å². The maximum Gasteiger partial charge on any atom is 0.143 e. The third-order valence-corrected chi connectivity index (χ3v) is 14.4. The maximum absolute atomic E-state index is 6.60. The first-order valence-corrected chi connectivity index (χ1v) is 22.1. The predicted octanol–water partition coefficient (Wildman–Crippen LogP) is 16.6. The molecule has 290 valence electrons. The van der Waals surface area contributed by atoms with E-state index in [1.165, 1.54) is 58.9 Å². The van der Waals surface area contributed by atoms with Gasteiger partial charge in [0.2, 0.25) is 0 Å². The molecule has 0 unspecified atom stereocenters. The lowest BCUT2D eigenvalue weighted by atomic mass is 9.67. The first-order valence-electron chi connectivity index (χ1n) is 21.2. The molecule has 0 fully saturated rings. The Balaban J connectivity index is 1.04. The summed E-state index contributed by atoms with van der Waals surface area (Å²) in [6, 6.07) is 82.3. The van der Waals surface area contributed by atoms with Gasteiger partial charge in [-0.25, -0.2) is 0 Å². The van der Waals surface area contributed by atoms with Gasteiger partial charge in [-0.15, -0.1) is 11.3 Å². The number of benzene rings is 10. The van der Waals surface area contributed by atoms with Gasteiger partial charge in [-0.05, 0) is 98.4 Å². The minimum absolute atomic E-state index is 0.513. The molecular formula is C59H37NOS. The molecule has 0 saturated heterocycles. The molecule has 0 spiro atoms. The first-order chi connectivity index (χ1) is 30.8. The van der Waals surface area contributed by atoms with Crippen molar-refractivity contribution in [2.75, 3.05) is 4.90 Å². The van der Waals surface area contributed by atoms with Crippen molar-refractivity contribution in [2.45, 2.75) is 5.41 Å². The Kier molecular flexibility index (Phi) is 7.72. The summed E-state index contributed by atoms with van der Waals surface area (Å²) >= 11 is 1.87. The van der Waals surface area contributed by atoms with Crippen LogP contribution in [0, 0.1) is 0 Å². The molecule has 1 aliphatic carbocycles. The fraction of sp³-hybridized carbons (Fsp3) is 0.0169. The smallest absolute Gasteiger partial charge is 0.143 e. The first kappa shape index (κ1) is 35.1. The van der Waals surface area contributed by atoms with Crippen LogP contribution in [0.4, 0.5) is 17.1 Å². The molecule has 1 aliphatic rings. The lowest BCUT2D eigenvalue weighted by Gasteiger charge is -2.35. The van der Waals surface area contributed by atoms with Crippen LogP contribution in [0.25, 0.3) is 75.1 Å². The molecular weight excluding hydrogens is 771 g/mol. The van der Waals surface area contributed by atoms with Crippen LogP contribution in [0.5, 0.6) is 0 Å². The molecule has 0 saturated carbocycles. The fourth-order valence-electron chi connectivity index (χ4n) is 10.5. The molecule has 2 heterocycles. The van der Waals surface area contributed by atoms with Gasteiger partial charge in [0, 0.05) is 43.0 Å². The number of hydrogen-bond donors (Lipinski definition) is 0. The normalized spacial score (nSPS) is 13.0. The summed E-state index contributed by atoms with van der Waals surface area (Å²) in [5.41, 5.74) is 14.6. The number of rotatable bonds is 6. The van der Waals surface area contributed by atoms with E-state index in [1.54, 1.807) is 0 Å². The summed E-state index contributed by atoms with van der Waals surface area (Å²) in [7, 11) is 0. The zero-order valence-electron chi connectivity index (χ0n) is 33.6. The highest BCUT2D eigenvalue weighted by atomic mass is 32.1. The molecule has 13 rings (SSSR count). The van der Waals surface area contributed by atoms with Crippen LogP contribution >= 0.6 is 11.3 Å². The number of thiophene rings is 1. The van der Waals surface area contributed by atoms with Gasteiger partial charge < -0.3 is 9.32 Å². The van der Waals surface area contributed by atoms with E-state index in [1.807, 2.05) is 11.3 Å². The largest absolute Gasteiger partial charge is 0.455 e. The summed E-state index contributed by atoms with van der Waals surface area (Å²) < 4.78 is 9.16. The van der Waals surface area contributed by atoms with Crippen molar-refractivity contribution in [3.05, 3.63) is 247 Å². The van der Waals surface area contributed by atoms with Crippen LogP contribution in [0.1, 0.15) is 22.3 Å². The molecule has 2 nitrogen and oxygen atoms in total. The SMILES string of the molecule is c1ccc(C2(c3ccccc3)c3ccccc3-c3ccc(N(c4ccc(-c5cccc6oc7c8ccccc8ccc7c56)cc4)c4cccc5c4sc4ccccc45)cc32)cc1. The molecule has 3 heteroatoms. The Morgan fingerprint density at radius 1 is 0.419 bits per heavy atom. The standard InChI is InChI=1S/C59H37NOS/c1-3-16-40(17-4-1)59(41-18-5-2-6-19-41)51-25-11-9-21-46(51)47-36-34-43(37-52(47)59)60(53-26-13-24-49-48-22-10-12-28-55(48)62-58(49)53)42-32-29-39(30-33-42)44-23-14-27-54-56(44)50-35-31-38-15-7-8-20-45(38)57(50)61-54/h1-37H. The summed E-state index contributed by atoms with van der Waals surface area (Å²) in [6.07, 6.45) is 0. The van der Waals surface area contributed by atoms with Gasteiger partial charge in [0.1, 0.15) is 11.2 Å². The maximum atomic E-state index is 6.60. The summed E-state index contributed by atoms with van der Waals surface area (Å²) in [5, 5.41) is 7.15. The quantitative estimate of drug-likeness (QED) is 0.166. The lowest BCUT2D eigenvalue weighted by molar-refractivity contribution is 0.673. The van der Waals surface area contributed by atoms with Crippen LogP contribution in [-0.2, 0) is 5.41 Å². The lowest BCUT2D eigenvalue weighted by Crippen LogP contribution is -2.28. The molecule has 2 aromatic heterocycles. The average Bonchev–Trinajstić information content (AvgIpc) is 4.02. The Bertz CT molecular complexity index is 3650. The highest BCUT2D eigenvalue weighted by Gasteiger charge is 2.46. The highest BCUT2D eigenvalue weighted by molar-refractivity contribution is 7.26. The van der Waals surface area contributed by atoms with Gasteiger partial charge in [0.05, 0.1) is 15.8 Å². The summed E-state index contributed by atoms with van der Waals surface area (Å²) in [6.45, 7) is 0. The van der Waals surface area contributed by atoms with Crippen molar-refractivity contribution in [3.63, 3.8) is 0 Å². The van der Waals surface area contributed by atoms with E-state index in [2.05, 4.69) is 229 Å². The van der Waals surface area contributed by atoms with Crippen LogP contribution in [0.3, 0.4) is 0 Å². The molecule has 0 atom stereocenters. The highest BCUT2D eigenvalue weighted by Crippen LogP contribution is 2.57. The third kappa shape index (κ3) is 5.03. The molecule has 62 heavy (non-hydrogen) atoms. The van der Waals surface area contributed by atoms with E-state index >= 15 is 0 Å². The Labute approximate surface area is 363 Å². The fourth-order valence-corrected chi connectivity index (χ4v) is 11.7. The van der Waals surface area contributed by atoms with E-state index in [0.29, 0.717) is 0 Å². The second-order valence-electron chi connectivity index (χ2n) is 16.3. The minimum atomic E-state index is -0.513. The van der Waals surface area contributed by atoms with Gasteiger partial charge in [-0.2, -0.15) is 0 Å². The zero-order valence-corrected chi connectivity index (χ0v) is 34.4. The molecule has 10 aromatic carbocycles. The molecule has 0 N–H and O–H groups in total. The van der Waals surface area contributed by atoms with Gasteiger partial charge in [-0.3, -0.25) is 0 Å². The molecule has 12 aromatic rings. The average molecular weight is 808 g/mol. The van der Waals surface area contributed by atoms with Crippen LogP contribution in [0.15, 0.2) is 229 Å². The predicted molar refractivity (Wildman–Crippen MR) is 262 cm³/mol. The van der Waals surface area contributed by atoms with Crippen molar-refractivity contribution in [3.8, 4) is 22.3 Å². The van der Waals surface area contributed by atoms with Gasteiger partial charge in [-0.1, -0.05) is 176 Å². The minimum Gasteiger partial charge on any atom is -0.455 e. The summed E-state index contributed by atoms with van der Waals surface area (Å²) in [5.74, 6) is 0. The number of anilines is 3. The molecule has 0 aliphatic heterocycles. The Morgan fingerprint density at radius 2 is 1.06 bits per heavy atom. The second kappa shape index (κ2) is 13.7. The Hall–Kier alpha value is -7.72. The second-order valence-corrected chi connectivity index (χ2v) is 17.4. The summed E-state index contributed by atoms with van der Waals surface area (Å²) in [4.78, 5) is 2.48. The monoisotopic (exact) mass is 807 g/mol. The van der Waals surface area contributed by atoms with Gasteiger partial charge >= 0.3 is 0 Å². The molecule has 0 amide bonds. The Morgan fingerprint density at radius 3 is 1.89 bits per heavy atom. The van der Waals surface area contributed by atoms with E-state index in [4.69, 9.17) is 4.42 Å². The number of fused-ring (bicyclic) bond motifs is 11. The number of furan rings is 1. The van der Waals surface area contributed by atoms with E-state index in [-0.39, 0.29) is 0 Å². The van der Waals surface area contributed by atoms with Gasteiger partial charge in [0.15, 0.2) is 0 Å².